The summed E-state index contributed by atoms with van der Waals surface area (Å²) in [7, 11) is 5.85. The van der Waals surface area contributed by atoms with Crippen molar-refractivity contribution >= 4 is 5.91 Å². The molecule has 3 heterocycles. The summed E-state index contributed by atoms with van der Waals surface area (Å²) in [5.41, 5.74) is 0.733. The Morgan fingerprint density at radius 2 is 2.04 bits per heavy atom. The van der Waals surface area contributed by atoms with Gasteiger partial charge in [-0.15, -0.1) is 10.2 Å². The van der Waals surface area contributed by atoms with Crippen LogP contribution in [0.3, 0.4) is 0 Å². The highest BCUT2D eigenvalue weighted by Gasteiger charge is 2.28. The van der Waals surface area contributed by atoms with E-state index in [0.717, 1.165) is 43.3 Å². The minimum absolute atomic E-state index is 0.0974. The Bertz CT molecular complexity index is 745. The van der Waals surface area contributed by atoms with Crippen molar-refractivity contribution in [2.45, 2.75) is 25.3 Å². The summed E-state index contributed by atoms with van der Waals surface area (Å²) in [5, 5.41) is 17.8. The highest BCUT2D eigenvalue weighted by atomic mass is 16.3. The number of aliphatic hydroxyl groups excluding tert-OH is 1. The number of piperidine rings is 1. The summed E-state index contributed by atoms with van der Waals surface area (Å²) in [5.74, 6) is 2.31. The Labute approximate surface area is 154 Å². The van der Waals surface area contributed by atoms with Gasteiger partial charge in [-0.25, -0.2) is 0 Å². The van der Waals surface area contributed by atoms with Crippen LogP contribution in [0.4, 0.5) is 0 Å². The SMILES string of the molecule is CN(CCO)Cc1nnc(C2CCN(C(=O)c3cccn3C)CC2)n1C. The van der Waals surface area contributed by atoms with E-state index in [1.807, 2.05) is 53.8 Å². The smallest absolute Gasteiger partial charge is 0.270 e. The molecule has 0 aliphatic carbocycles. The standard InChI is InChI=1S/C18H28N6O2/c1-21(11-12-25)13-16-19-20-17(23(16)3)14-6-9-24(10-7-14)18(26)15-5-4-8-22(15)2/h4-5,8,14,25H,6-7,9-13H2,1-3H3. The summed E-state index contributed by atoms with van der Waals surface area (Å²) < 4.78 is 3.93. The van der Waals surface area contributed by atoms with Crippen LogP contribution in [0.25, 0.3) is 0 Å². The van der Waals surface area contributed by atoms with Crippen LogP contribution in [0.1, 0.15) is 40.9 Å². The lowest BCUT2D eigenvalue weighted by Gasteiger charge is -2.31. The van der Waals surface area contributed by atoms with Crippen LogP contribution in [0.2, 0.25) is 0 Å². The van der Waals surface area contributed by atoms with Crippen molar-refractivity contribution in [2.24, 2.45) is 14.1 Å². The predicted octanol–water partition coefficient (Wildman–Crippen LogP) is 0.597. The molecule has 8 heteroatoms. The molecular formula is C18H28N6O2. The number of carbonyl (C=O) groups is 1. The molecule has 2 aromatic rings. The molecule has 0 bridgehead atoms. The van der Waals surface area contributed by atoms with Gasteiger partial charge in [0.25, 0.3) is 5.91 Å². The molecule has 1 aliphatic heterocycles. The highest BCUT2D eigenvalue weighted by molar-refractivity contribution is 5.92. The van der Waals surface area contributed by atoms with Crippen molar-refractivity contribution < 1.29 is 9.90 Å². The molecule has 8 nitrogen and oxygen atoms in total. The van der Waals surface area contributed by atoms with E-state index in [4.69, 9.17) is 5.11 Å². The molecule has 1 fully saturated rings. The Morgan fingerprint density at radius 3 is 2.65 bits per heavy atom. The van der Waals surface area contributed by atoms with Crippen molar-refractivity contribution in [2.75, 3.05) is 33.3 Å². The van der Waals surface area contributed by atoms with E-state index in [0.29, 0.717) is 19.0 Å². The van der Waals surface area contributed by atoms with Gasteiger partial charge in [0.05, 0.1) is 13.2 Å². The summed E-state index contributed by atoms with van der Waals surface area (Å²) >= 11 is 0. The first-order chi connectivity index (χ1) is 12.5. The van der Waals surface area contributed by atoms with Crippen molar-refractivity contribution in [3.63, 3.8) is 0 Å². The number of amides is 1. The third-order valence-electron chi connectivity index (χ3n) is 5.20. The maximum atomic E-state index is 12.6. The maximum absolute atomic E-state index is 12.6. The third kappa shape index (κ3) is 3.81. The van der Waals surface area contributed by atoms with Crippen LogP contribution >= 0.6 is 0 Å². The van der Waals surface area contributed by atoms with Crippen molar-refractivity contribution in [3.05, 3.63) is 35.7 Å². The van der Waals surface area contributed by atoms with Crippen LogP contribution in [-0.2, 0) is 20.6 Å². The zero-order valence-electron chi connectivity index (χ0n) is 15.8. The van der Waals surface area contributed by atoms with Crippen LogP contribution in [0.15, 0.2) is 18.3 Å². The Hall–Kier alpha value is -2.19. The number of rotatable bonds is 6. The molecule has 0 saturated carbocycles. The second-order valence-corrected chi connectivity index (χ2v) is 7.07. The van der Waals surface area contributed by atoms with Crippen molar-refractivity contribution in [3.8, 4) is 0 Å². The molecular weight excluding hydrogens is 332 g/mol. The molecule has 0 atom stereocenters. The van der Waals surface area contributed by atoms with Crippen molar-refractivity contribution in [1.82, 2.24) is 29.1 Å². The van der Waals surface area contributed by atoms with Gasteiger partial charge in [-0.05, 0) is 32.0 Å². The van der Waals surface area contributed by atoms with Gasteiger partial charge in [-0.2, -0.15) is 0 Å². The fraction of sp³-hybridized carbons (Fsp3) is 0.611. The lowest BCUT2D eigenvalue weighted by molar-refractivity contribution is 0.0700. The lowest BCUT2D eigenvalue weighted by atomic mass is 9.95. The van der Waals surface area contributed by atoms with Gasteiger partial charge in [0, 0.05) is 45.8 Å². The molecule has 1 N–H and O–H groups in total. The largest absolute Gasteiger partial charge is 0.395 e. The van der Waals surface area contributed by atoms with Gasteiger partial charge in [-0.3, -0.25) is 9.69 Å². The maximum Gasteiger partial charge on any atom is 0.270 e. The van der Waals surface area contributed by atoms with E-state index in [2.05, 4.69) is 14.8 Å². The normalized spacial score (nSPS) is 15.8. The van der Waals surface area contributed by atoms with E-state index < -0.39 is 0 Å². The van der Waals surface area contributed by atoms with Gasteiger partial charge < -0.3 is 19.1 Å². The van der Waals surface area contributed by atoms with Gasteiger partial charge in [-0.1, -0.05) is 0 Å². The molecule has 26 heavy (non-hydrogen) atoms. The molecule has 0 unspecified atom stereocenters. The molecule has 0 radical (unpaired) electrons. The first kappa shape index (κ1) is 18.6. The molecule has 3 rings (SSSR count). The number of aliphatic hydroxyl groups is 1. The Kier molecular flexibility index (Phi) is 5.73. The average molecular weight is 360 g/mol. The summed E-state index contributed by atoms with van der Waals surface area (Å²) in [4.78, 5) is 16.6. The highest BCUT2D eigenvalue weighted by Crippen LogP contribution is 2.27. The summed E-state index contributed by atoms with van der Waals surface area (Å²) in [6, 6.07) is 3.77. The van der Waals surface area contributed by atoms with Gasteiger partial charge in [0.2, 0.25) is 0 Å². The van der Waals surface area contributed by atoms with E-state index >= 15 is 0 Å². The number of hydrogen-bond acceptors (Lipinski definition) is 5. The first-order valence-corrected chi connectivity index (χ1v) is 9.09. The number of nitrogens with zero attached hydrogens (tertiary/aromatic N) is 6. The monoisotopic (exact) mass is 360 g/mol. The summed E-state index contributed by atoms with van der Waals surface area (Å²) in [6.45, 7) is 2.88. The first-order valence-electron chi connectivity index (χ1n) is 9.09. The van der Waals surface area contributed by atoms with Crippen LogP contribution in [0, 0.1) is 0 Å². The van der Waals surface area contributed by atoms with E-state index in [1.54, 1.807) is 0 Å². The molecule has 1 amide bonds. The fourth-order valence-electron chi connectivity index (χ4n) is 3.55. The molecule has 0 spiro atoms. The van der Waals surface area contributed by atoms with Gasteiger partial charge in [0.15, 0.2) is 0 Å². The quantitative estimate of drug-likeness (QED) is 0.816. The number of aromatic nitrogens is 4. The van der Waals surface area contributed by atoms with Crippen molar-refractivity contribution in [1.29, 1.82) is 0 Å². The van der Waals surface area contributed by atoms with E-state index in [9.17, 15) is 4.79 Å². The van der Waals surface area contributed by atoms with Gasteiger partial charge in [0.1, 0.15) is 17.3 Å². The van der Waals surface area contributed by atoms with Crippen LogP contribution < -0.4 is 0 Å². The second-order valence-electron chi connectivity index (χ2n) is 7.07. The minimum Gasteiger partial charge on any atom is -0.395 e. The predicted molar refractivity (Wildman–Crippen MR) is 97.7 cm³/mol. The topological polar surface area (TPSA) is 79.4 Å². The van der Waals surface area contributed by atoms with Crippen LogP contribution in [0.5, 0.6) is 0 Å². The zero-order valence-corrected chi connectivity index (χ0v) is 15.8. The summed E-state index contributed by atoms with van der Waals surface area (Å²) in [6.07, 6.45) is 3.69. The molecule has 1 saturated heterocycles. The fourth-order valence-corrected chi connectivity index (χ4v) is 3.55. The minimum atomic E-state index is 0.0974. The van der Waals surface area contributed by atoms with E-state index in [-0.39, 0.29) is 12.5 Å². The number of likely N-dealkylation sites (N-methyl/N-ethyl adjacent to an activating group) is 1. The Morgan fingerprint density at radius 1 is 1.31 bits per heavy atom. The van der Waals surface area contributed by atoms with Gasteiger partial charge >= 0.3 is 0 Å². The number of aryl methyl sites for hydroxylation is 1. The van der Waals surface area contributed by atoms with E-state index in [1.165, 1.54) is 0 Å². The Balaban J connectivity index is 1.61. The molecule has 2 aromatic heterocycles. The third-order valence-corrected chi connectivity index (χ3v) is 5.20. The number of carbonyl (C=O) groups excluding carboxylic acids is 1. The number of hydrogen-bond donors (Lipinski definition) is 1. The molecule has 1 aliphatic rings. The molecule has 142 valence electrons. The number of likely N-dealkylation sites (tertiary alicyclic amines) is 1. The molecule has 0 aromatic carbocycles. The zero-order chi connectivity index (χ0) is 18.7. The average Bonchev–Trinajstić information content (AvgIpc) is 3.21. The van der Waals surface area contributed by atoms with Crippen LogP contribution in [-0.4, -0.2) is 73.4 Å². The lowest BCUT2D eigenvalue weighted by Crippen LogP contribution is -2.39. The second kappa shape index (κ2) is 8.01.